The number of benzene rings is 2. The lowest BCUT2D eigenvalue weighted by molar-refractivity contribution is -0.170. The Morgan fingerprint density at radius 2 is 1.79 bits per heavy atom. The van der Waals surface area contributed by atoms with Crippen molar-refractivity contribution in [1.82, 2.24) is 9.97 Å². The summed E-state index contributed by atoms with van der Waals surface area (Å²) in [6.07, 6.45) is 1.86. The summed E-state index contributed by atoms with van der Waals surface area (Å²) < 4.78 is 62.4. The van der Waals surface area contributed by atoms with E-state index in [1.54, 1.807) is 40.2 Å². The van der Waals surface area contributed by atoms with Crippen LogP contribution in [0, 0.1) is 18.2 Å². The molecule has 0 radical (unpaired) electrons. The fourth-order valence-electron chi connectivity index (χ4n) is 4.79. The van der Waals surface area contributed by atoms with E-state index in [1.807, 2.05) is 6.92 Å². The molecule has 212 valence electrons. The van der Waals surface area contributed by atoms with Crippen LogP contribution in [0.15, 0.2) is 30.3 Å². The first-order chi connectivity index (χ1) is 18.2. The van der Waals surface area contributed by atoms with E-state index in [0.717, 1.165) is 32.8 Å². The molecule has 0 saturated heterocycles. The summed E-state index contributed by atoms with van der Waals surface area (Å²) in [5, 5.41) is 13.7. The van der Waals surface area contributed by atoms with Crippen molar-refractivity contribution >= 4 is 16.7 Å². The summed E-state index contributed by atoms with van der Waals surface area (Å²) in [4.78, 5) is 9.04. The number of alkyl halides is 2. The molecule has 39 heavy (non-hydrogen) atoms. The first kappa shape index (κ1) is 28.9. The molecule has 1 saturated carbocycles. The molecule has 3 aromatic rings. The maximum absolute atomic E-state index is 15.4. The molecule has 7 nitrogen and oxygen atoms in total. The van der Waals surface area contributed by atoms with Crippen molar-refractivity contribution in [2.24, 2.45) is 5.41 Å². The lowest BCUT2D eigenvalue weighted by Crippen LogP contribution is -2.41. The van der Waals surface area contributed by atoms with Gasteiger partial charge < -0.3 is 24.6 Å². The molecule has 10 heteroatoms. The van der Waals surface area contributed by atoms with Crippen LogP contribution in [0.1, 0.15) is 63.5 Å². The number of hydrogen-bond acceptors (Lipinski definition) is 7. The maximum Gasteiger partial charge on any atom is 0.303 e. The van der Waals surface area contributed by atoms with Gasteiger partial charge in [-0.15, -0.1) is 0 Å². The van der Waals surface area contributed by atoms with Crippen molar-refractivity contribution in [3.8, 4) is 11.5 Å². The van der Waals surface area contributed by atoms with Gasteiger partial charge in [0.05, 0.1) is 30.8 Å². The molecule has 2 N–H and O–H groups in total. The highest BCUT2D eigenvalue weighted by Crippen LogP contribution is 2.51. The summed E-state index contributed by atoms with van der Waals surface area (Å²) in [5.41, 5.74) is -2.78. The van der Waals surface area contributed by atoms with Crippen molar-refractivity contribution in [2.45, 2.75) is 71.1 Å². The third-order valence-corrected chi connectivity index (χ3v) is 7.54. The number of rotatable bonds is 11. The van der Waals surface area contributed by atoms with Crippen LogP contribution in [0.25, 0.3) is 10.9 Å². The van der Waals surface area contributed by atoms with Crippen LogP contribution in [0.2, 0.25) is 0 Å². The second-order valence-corrected chi connectivity index (χ2v) is 10.9. The largest absolute Gasteiger partial charge is 0.493 e. The van der Waals surface area contributed by atoms with Gasteiger partial charge in [0, 0.05) is 29.5 Å². The highest BCUT2D eigenvalue weighted by atomic mass is 19.3. The lowest BCUT2D eigenvalue weighted by Gasteiger charge is -2.30. The smallest absolute Gasteiger partial charge is 0.303 e. The van der Waals surface area contributed by atoms with Crippen LogP contribution in [0.4, 0.5) is 19.0 Å². The number of anilines is 1. The van der Waals surface area contributed by atoms with Gasteiger partial charge in [0.25, 0.3) is 0 Å². The van der Waals surface area contributed by atoms with E-state index in [1.165, 1.54) is 12.1 Å². The van der Waals surface area contributed by atoms with Crippen molar-refractivity contribution in [3.05, 3.63) is 53.1 Å². The molecule has 0 spiro atoms. The molecular weight excluding hydrogens is 511 g/mol. The first-order valence-corrected chi connectivity index (χ1v) is 12.9. The lowest BCUT2D eigenvalue weighted by atomic mass is 9.91. The standard InChI is InChI=1S/C29H36F3N3O4/c1-16(19-9-8-10-21(25(19)30)29(31,32)27(4,5)36)33-26-20-13-24(39-17(2)28(11-12-28)15-37-6)23(38-7)14-22(20)34-18(3)35-26/h8-10,13-14,16-17,36H,11-12,15H2,1-7H3,(H,33,34,35)/t16-,17?/m1/s1. The van der Waals surface area contributed by atoms with Gasteiger partial charge in [-0.3, -0.25) is 0 Å². The molecule has 2 atom stereocenters. The van der Waals surface area contributed by atoms with Crippen molar-refractivity contribution in [3.63, 3.8) is 0 Å². The van der Waals surface area contributed by atoms with Gasteiger partial charge in [-0.05, 0) is 59.6 Å². The van der Waals surface area contributed by atoms with Crippen molar-refractivity contribution in [1.29, 1.82) is 0 Å². The predicted octanol–water partition coefficient (Wildman–Crippen LogP) is 6.32. The maximum atomic E-state index is 15.4. The zero-order chi connectivity index (χ0) is 28.8. The van der Waals surface area contributed by atoms with Crippen molar-refractivity contribution < 1.29 is 32.5 Å². The Bertz CT molecular complexity index is 1360. The fourth-order valence-corrected chi connectivity index (χ4v) is 4.79. The second-order valence-electron chi connectivity index (χ2n) is 10.9. The van der Waals surface area contributed by atoms with Crippen LogP contribution in [0.5, 0.6) is 11.5 Å². The van der Waals surface area contributed by atoms with E-state index >= 15 is 4.39 Å². The van der Waals surface area contributed by atoms with Crippen molar-refractivity contribution in [2.75, 3.05) is 26.1 Å². The Morgan fingerprint density at radius 3 is 2.38 bits per heavy atom. The first-order valence-electron chi connectivity index (χ1n) is 12.9. The van der Waals surface area contributed by atoms with Gasteiger partial charge in [-0.25, -0.2) is 14.4 Å². The molecule has 1 aliphatic carbocycles. The second kappa shape index (κ2) is 10.5. The molecule has 1 heterocycles. The van der Waals surface area contributed by atoms with Crippen LogP contribution >= 0.6 is 0 Å². The minimum Gasteiger partial charge on any atom is -0.493 e. The van der Waals surface area contributed by atoms with Gasteiger partial charge in [0.1, 0.15) is 29.2 Å². The minimum atomic E-state index is -3.80. The quantitative estimate of drug-likeness (QED) is 0.291. The van der Waals surface area contributed by atoms with Gasteiger partial charge >= 0.3 is 5.92 Å². The zero-order valence-electron chi connectivity index (χ0n) is 23.4. The fraction of sp³-hybridized carbons (Fsp3) is 0.517. The third-order valence-electron chi connectivity index (χ3n) is 7.54. The highest BCUT2D eigenvalue weighted by Gasteiger charge is 2.50. The third kappa shape index (κ3) is 5.49. The highest BCUT2D eigenvalue weighted by molar-refractivity contribution is 5.92. The Hall–Kier alpha value is -3.11. The monoisotopic (exact) mass is 547 g/mol. The van der Waals surface area contributed by atoms with E-state index in [0.29, 0.717) is 40.7 Å². The average molecular weight is 548 g/mol. The SMILES string of the molecule is COCC1(C(C)Oc2cc3c(N[C@H](C)c4cccc(C(F)(F)C(C)(C)O)c4F)nc(C)nc3cc2OC)CC1. The number of hydrogen-bond donors (Lipinski definition) is 2. The van der Waals surface area contributed by atoms with Crippen LogP contribution in [0.3, 0.4) is 0 Å². The molecule has 0 aliphatic heterocycles. The molecule has 1 aromatic heterocycles. The Kier molecular flexibility index (Phi) is 7.75. The summed E-state index contributed by atoms with van der Waals surface area (Å²) >= 11 is 0. The molecule has 2 aromatic carbocycles. The van der Waals surface area contributed by atoms with Crippen LogP contribution in [-0.2, 0) is 10.7 Å². The van der Waals surface area contributed by atoms with Crippen LogP contribution in [-0.4, -0.2) is 47.6 Å². The molecule has 1 fully saturated rings. The number of fused-ring (bicyclic) bond motifs is 1. The topological polar surface area (TPSA) is 85.7 Å². The molecule has 4 rings (SSSR count). The molecular formula is C29H36F3N3O4. The number of nitrogens with zero attached hydrogens (tertiary/aromatic N) is 2. The normalized spacial score (nSPS) is 16.6. The Labute approximate surface area is 226 Å². The number of halogens is 3. The number of ether oxygens (including phenoxy) is 3. The molecule has 0 bridgehead atoms. The van der Waals surface area contributed by atoms with E-state index < -0.39 is 28.9 Å². The van der Waals surface area contributed by atoms with E-state index in [-0.39, 0.29) is 17.1 Å². The summed E-state index contributed by atoms with van der Waals surface area (Å²) in [6, 6.07) is 6.54. The van der Waals surface area contributed by atoms with Gasteiger partial charge in [-0.1, -0.05) is 12.1 Å². The molecule has 1 aliphatic rings. The van der Waals surface area contributed by atoms with Gasteiger partial charge in [-0.2, -0.15) is 8.78 Å². The number of aliphatic hydroxyl groups is 1. The number of aryl methyl sites for hydroxylation is 1. The Balaban J connectivity index is 1.71. The summed E-state index contributed by atoms with van der Waals surface area (Å²) in [7, 11) is 3.22. The number of nitrogens with one attached hydrogen (secondary N) is 1. The number of aromatic nitrogens is 2. The predicted molar refractivity (Wildman–Crippen MR) is 143 cm³/mol. The van der Waals surface area contributed by atoms with Gasteiger partial charge in [0.2, 0.25) is 0 Å². The van der Waals surface area contributed by atoms with Gasteiger partial charge in [0.15, 0.2) is 11.5 Å². The van der Waals surface area contributed by atoms with E-state index in [2.05, 4.69) is 15.3 Å². The average Bonchev–Trinajstić information content (AvgIpc) is 3.64. The Morgan fingerprint density at radius 1 is 1.10 bits per heavy atom. The minimum absolute atomic E-state index is 0.00897. The van der Waals surface area contributed by atoms with E-state index in [9.17, 15) is 13.9 Å². The molecule has 0 amide bonds. The zero-order valence-corrected chi connectivity index (χ0v) is 23.4. The van der Waals surface area contributed by atoms with Crippen LogP contribution < -0.4 is 14.8 Å². The summed E-state index contributed by atoms with van der Waals surface area (Å²) in [5.74, 6) is -3.03. The molecule has 1 unspecified atom stereocenters. The summed E-state index contributed by atoms with van der Waals surface area (Å²) in [6.45, 7) is 7.87. The van der Waals surface area contributed by atoms with E-state index in [4.69, 9.17) is 14.2 Å². The number of methoxy groups -OCH3 is 2.